The Kier molecular flexibility index (Phi) is 6.21. The van der Waals surface area contributed by atoms with Gasteiger partial charge < -0.3 is 13.7 Å². The molecule has 0 unspecified atom stereocenters. The van der Waals surface area contributed by atoms with Crippen molar-refractivity contribution in [1.82, 2.24) is 0 Å². The standard InChI is InChI=1S/C19H34N2O/c1-9-18-14-17(10-11-19(18)22-16(2)3)15-21(7,8)13-12-20(4,5)6/h9-11,14,16H,1,12-13,15H2,2-8H3/q+2. The summed E-state index contributed by atoms with van der Waals surface area (Å²) in [6, 6.07) is 6.46. The summed E-state index contributed by atoms with van der Waals surface area (Å²) >= 11 is 0. The first-order valence-corrected chi connectivity index (χ1v) is 8.07. The molecule has 1 rings (SSSR count). The molecule has 0 aliphatic carbocycles. The Labute approximate surface area is 137 Å². The van der Waals surface area contributed by atoms with Crippen molar-refractivity contribution in [2.24, 2.45) is 0 Å². The fraction of sp³-hybridized carbons (Fsp3) is 0.579. The summed E-state index contributed by atoms with van der Waals surface area (Å²) in [5.41, 5.74) is 2.41. The minimum Gasteiger partial charge on any atom is -0.490 e. The molecule has 0 aliphatic heterocycles. The van der Waals surface area contributed by atoms with Gasteiger partial charge in [0.2, 0.25) is 0 Å². The highest BCUT2D eigenvalue weighted by Crippen LogP contribution is 2.24. The number of likely N-dealkylation sites (N-methyl/N-ethyl adjacent to an activating group) is 2. The van der Waals surface area contributed by atoms with Crippen LogP contribution in [-0.2, 0) is 6.54 Å². The van der Waals surface area contributed by atoms with Crippen molar-refractivity contribution in [1.29, 1.82) is 0 Å². The average Bonchev–Trinajstić information content (AvgIpc) is 2.37. The van der Waals surface area contributed by atoms with E-state index >= 15 is 0 Å². The Morgan fingerprint density at radius 1 is 1.09 bits per heavy atom. The van der Waals surface area contributed by atoms with Gasteiger partial charge in [-0.15, -0.1) is 0 Å². The van der Waals surface area contributed by atoms with E-state index in [1.807, 2.05) is 19.9 Å². The summed E-state index contributed by atoms with van der Waals surface area (Å²) in [6.45, 7) is 11.3. The number of hydrogen-bond acceptors (Lipinski definition) is 1. The molecule has 0 saturated heterocycles. The number of benzene rings is 1. The zero-order valence-corrected chi connectivity index (χ0v) is 15.5. The number of ether oxygens (including phenoxy) is 1. The van der Waals surface area contributed by atoms with Crippen LogP contribution >= 0.6 is 0 Å². The van der Waals surface area contributed by atoms with E-state index in [4.69, 9.17) is 4.74 Å². The van der Waals surface area contributed by atoms with Gasteiger partial charge in [0.15, 0.2) is 0 Å². The van der Waals surface area contributed by atoms with Gasteiger partial charge in [-0.05, 0) is 32.0 Å². The first kappa shape index (κ1) is 18.7. The monoisotopic (exact) mass is 306 g/mol. The van der Waals surface area contributed by atoms with Crippen LogP contribution in [-0.4, -0.2) is 63.4 Å². The lowest BCUT2D eigenvalue weighted by molar-refractivity contribution is -0.945. The summed E-state index contributed by atoms with van der Waals surface area (Å²) < 4.78 is 7.82. The van der Waals surface area contributed by atoms with Crippen LogP contribution in [0.25, 0.3) is 6.08 Å². The Hall–Kier alpha value is -1.32. The van der Waals surface area contributed by atoms with Crippen LogP contribution < -0.4 is 4.74 Å². The number of hydrogen-bond donors (Lipinski definition) is 0. The lowest BCUT2D eigenvalue weighted by Gasteiger charge is -2.33. The van der Waals surface area contributed by atoms with Gasteiger partial charge in [0.1, 0.15) is 25.4 Å². The third-order valence-corrected chi connectivity index (χ3v) is 3.64. The molecule has 0 saturated carbocycles. The van der Waals surface area contributed by atoms with Crippen molar-refractivity contribution in [3.63, 3.8) is 0 Å². The van der Waals surface area contributed by atoms with Crippen molar-refractivity contribution in [2.75, 3.05) is 48.3 Å². The van der Waals surface area contributed by atoms with E-state index in [0.717, 1.165) is 39.9 Å². The average molecular weight is 306 g/mol. The highest BCUT2D eigenvalue weighted by molar-refractivity contribution is 5.56. The van der Waals surface area contributed by atoms with Gasteiger partial charge in [-0.1, -0.05) is 12.7 Å². The molecule has 0 radical (unpaired) electrons. The molecule has 0 N–H and O–H groups in total. The quantitative estimate of drug-likeness (QED) is 0.669. The molecule has 124 valence electrons. The van der Waals surface area contributed by atoms with Gasteiger partial charge in [0.25, 0.3) is 0 Å². The van der Waals surface area contributed by atoms with Crippen molar-refractivity contribution in [2.45, 2.75) is 26.5 Å². The summed E-state index contributed by atoms with van der Waals surface area (Å²) in [4.78, 5) is 0. The van der Waals surface area contributed by atoms with Gasteiger partial charge in [0, 0.05) is 11.1 Å². The van der Waals surface area contributed by atoms with E-state index in [1.54, 1.807) is 0 Å². The van der Waals surface area contributed by atoms with Crippen LogP contribution in [0.1, 0.15) is 25.0 Å². The second-order valence-electron chi connectivity index (χ2n) is 8.07. The van der Waals surface area contributed by atoms with Crippen LogP contribution in [0.4, 0.5) is 0 Å². The van der Waals surface area contributed by atoms with Gasteiger partial charge in [0.05, 0.1) is 41.3 Å². The van der Waals surface area contributed by atoms with Crippen molar-refractivity contribution < 1.29 is 13.7 Å². The number of nitrogens with zero attached hydrogens (tertiary/aromatic N) is 2. The van der Waals surface area contributed by atoms with Crippen molar-refractivity contribution >= 4 is 6.08 Å². The molecule has 0 bridgehead atoms. The second kappa shape index (κ2) is 7.30. The van der Waals surface area contributed by atoms with Crippen molar-refractivity contribution in [3.8, 4) is 5.75 Å². The molecule has 0 heterocycles. The van der Waals surface area contributed by atoms with E-state index in [1.165, 1.54) is 5.56 Å². The maximum Gasteiger partial charge on any atom is 0.128 e. The smallest absolute Gasteiger partial charge is 0.128 e. The molecule has 1 aromatic rings. The lowest BCUT2D eigenvalue weighted by Crippen LogP contribution is -2.48. The molecule has 0 aliphatic rings. The Balaban J connectivity index is 2.82. The summed E-state index contributed by atoms with van der Waals surface area (Å²) in [5, 5.41) is 0. The summed E-state index contributed by atoms with van der Waals surface area (Å²) in [5.74, 6) is 0.922. The Morgan fingerprint density at radius 2 is 1.73 bits per heavy atom. The molecular formula is C19H34N2O+2. The second-order valence-corrected chi connectivity index (χ2v) is 8.07. The van der Waals surface area contributed by atoms with Crippen LogP contribution in [0.5, 0.6) is 5.75 Å². The predicted octanol–water partition coefficient (Wildman–Crippen LogP) is 3.40. The third-order valence-electron chi connectivity index (χ3n) is 3.64. The first-order valence-electron chi connectivity index (χ1n) is 8.07. The SMILES string of the molecule is C=Cc1cc(C[N+](C)(C)CC[N+](C)(C)C)ccc1OC(C)C. The highest BCUT2D eigenvalue weighted by atomic mass is 16.5. The zero-order chi connectivity index (χ0) is 17.0. The highest BCUT2D eigenvalue weighted by Gasteiger charge is 2.20. The molecule has 0 aromatic heterocycles. The Bertz CT molecular complexity index is 499. The Morgan fingerprint density at radius 3 is 2.23 bits per heavy atom. The molecule has 22 heavy (non-hydrogen) atoms. The fourth-order valence-corrected chi connectivity index (χ4v) is 2.36. The number of quaternary nitrogens is 2. The van der Waals surface area contributed by atoms with E-state index in [9.17, 15) is 0 Å². The molecule has 0 fully saturated rings. The molecule has 0 spiro atoms. The normalized spacial score (nSPS) is 12.5. The van der Waals surface area contributed by atoms with Gasteiger partial charge >= 0.3 is 0 Å². The molecular weight excluding hydrogens is 272 g/mol. The maximum atomic E-state index is 5.83. The van der Waals surface area contributed by atoms with Crippen LogP contribution in [0.15, 0.2) is 24.8 Å². The van der Waals surface area contributed by atoms with E-state index in [-0.39, 0.29) is 6.10 Å². The molecule has 0 atom stereocenters. The predicted molar refractivity (Wildman–Crippen MR) is 95.9 cm³/mol. The minimum absolute atomic E-state index is 0.182. The van der Waals surface area contributed by atoms with Gasteiger partial charge in [-0.3, -0.25) is 0 Å². The fourth-order valence-electron chi connectivity index (χ4n) is 2.36. The maximum absolute atomic E-state index is 5.83. The molecule has 3 heteroatoms. The number of rotatable bonds is 8. The van der Waals surface area contributed by atoms with E-state index < -0.39 is 0 Å². The largest absolute Gasteiger partial charge is 0.490 e. The summed E-state index contributed by atoms with van der Waals surface area (Å²) in [7, 11) is 11.3. The molecule has 1 aromatic carbocycles. The van der Waals surface area contributed by atoms with Gasteiger partial charge in [-0.2, -0.15) is 0 Å². The van der Waals surface area contributed by atoms with Crippen LogP contribution in [0, 0.1) is 0 Å². The molecule has 3 nitrogen and oxygen atoms in total. The van der Waals surface area contributed by atoms with Crippen LogP contribution in [0.3, 0.4) is 0 Å². The lowest BCUT2D eigenvalue weighted by atomic mass is 10.1. The molecule has 0 amide bonds. The topological polar surface area (TPSA) is 9.23 Å². The minimum atomic E-state index is 0.182. The van der Waals surface area contributed by atoms with E-state index in [0.29, 0.717) is 0 Å². The van der Waals surface area contributed by atoms with Crippen molar-refractivity contribution in [3.05, 3.63) is 35.9 Å². The van der Waals surface area contributed by atoms with Crippen LogP contribution in [0.2, 0.25) is 0 Å². The van der Waals surface area contributed by atoms with E-state index in [2.05, 4.69) is 60.0 Å². The first-order chi connectivity index (χ1) is 10.0. The van der Waals surface area contributed by atoms with Gasteiger partial charge in [-0.25, -0.2) is 0 Å². The summed E-state index contributed by atoms with van der Waals surface area (Å²) in [6.07, 6.45) is 2.06. The third kappa shape index (κ3) is 6.63. The zero-order valence-electron chi connectivity index (χ0n) is 15.5.